The van der Waals surface area contributed by atoms with Crippen LogP contribution in [0.25, 0.3) is 0 Å². The molecule has 200 valence electrons. The molecule has 2 atom stereocenters. The molecule has 0 amide bonds. The number of nitrogens with zero attached hydrogens (tertiary/aromatic N) is 1. The first kappa shape index (κ1) is 29.0. The lowest BCUT2D eigenvalue weighted by Crippen LogP contribution is -2.48. The highest BCUT2D eigenvalue weighted by molar-refractivity contribution is 5.20. The van der Waals surface area contributed by atoms with Gasteiger partial charge in [-0.3, -0.25) is 4.90 Å². The Kier molecular flexibility index (Phi) is 13.4. The molecular weight excluding hydrogens is 460 g/mol. The fourth-order valence-electron chi connectivity index (χ4n) is 4.39. The van der Waals surface area contributed by atoms with Crippen LogP contribution < -0.4 is 5.32 Å². The SMILES string of the molecule is C1COCCO1.CC(C)CNC[C@@H](O)[C@H](Cc1ccccc1)N(Cc1ccccc1)Cc1ccccc1. The van der Waals surface area contributed by atoms with Gasteiger partial charge in [-0.15, -0.1) is 0 Å². The normalized spacial score (nSPS) is 15.2. The van der Waals surface area contributed by atoms with Crippen molar-refractivity contribution in [1.82, 2.24) is 10.2 Å². The van der Waals surface area contributed by atoms with Crippen LogP contribution in [0.4, 0.5) is 0 Å². The van der Waals surface area contributed by atoms with Crippen molar-refractivity contribution in [3.05, 3.63) is 108 Å². The minimum absolute atomic E-state index is 0.00229. The standard InChI is InChI=1S/C28H36N2O.C4H8O2/c1-23(2)19-29-20-28(31)27(18-24-12-6-3-7-13-24)30(21-25-14-8-4-9-15-25)22-26-16-10-5-11-17-26;1-2-6-4-3-5-1/h3-17,23,27-29,31H,18-22H2,1-2H3;1-4H2/t27-,28+;/m0./s1. The number of hydrogen-bond acceptors (Lipinski definition) is 5. The summed E-state index contributed by atoms with van der Waals surface area (Å²) in [5, 5.41) is 14.8. The summed E-state index contributed by atoms with van der Waals surface area (Å²) >= 11 is 0. The molecule has 0 aliphatic carbocycles. The molecule has 5 nitrogen and oxygen atoms in total. The summed E-state index contributed by atoms with van der Waals surface area (Å²) in [5.41, 5.74) is 3.78. The average molecular weight is 505 g/mol. The molecule has 0 bridgehead atoms. The van der Waals surface area contributed by atoms with E-state index in [0.717, 1.165) is 52.5 Å². The Morgan fingerprint density at radius 3 is 1.51 bits per heavy atom. The first-order chi connectivity index (χ1) is 18.1. The Balaban J connectivity index is 0.000000555. The van der Waals surface area contributed by atoms with Crippen LogP contribution in [-0.2, 0) is 29.0 Å². The van der Waals surface area contributed by atoms with Gasteiger partial charge >= 0.3 is 0 Å². The summed E-state index contributed by atoms with van der Waals surface area (Å²) in [7, 11) is 0. The first-order valence-corrected chi connectivity index (χ1v) is 13.5. The van der Waals surface area contributed by atoms with Crippen molar-refractivity contribution >= 4 is 0 Å². The maximum atomic E-state index is 11.3. The molecule has 5 heteroatoms. The van der Waals surface area contributed by atoms with Crippen molar-refractivity contribution < 1.29 is 14.6 Å². The topological polar surface area (TPSA) is 54.0 Å². The number of aliphatic hydroxyl groups excluding tert-OH is 1. The Morgan fingerprint density at radius 1 is 0.676 bits per heavy atom. The van der Waals surface area contributed by atoms with Crippen LogP contribution >= 0.6 is 0 Å². The van der Waals surface area contributed by atoms with E-state index in [-0.39, 0.29) is 6.04 Å². The van der Waals surface area contributed by atoms with E-state index in [4.69, 9.17) is 9.47 Å². The Labute approximate surface area is 223 Å². The van der Waals surface area contributed by atoms with Gasteiger partial charge in [0.2, 0.25) is 0 Å². The van der Waals surface area contributed by atoms with Gasteiger partial charge in [0.25, 0.3) is 0 Å². The summed E-state index contributed by atoms with van der Waals surface area (Å²) in [6.45, 7) is 10.6. The van der Waals surface area contributed by atoms with Gasteiger partial charge in [0.1, 0.15) is 0 Å². The van der Waals surface area contributed by atoms with Gasteiger partial charge in [-0.1, -0.05) is 105 Å². The van der Waals surface area contributed by atoms with Gasteiger partial charge in [0, 0.05) is 25.7 Å². The quantitative estimate of drug-likeness (QED) is 0.366. The van der Waals surface area contributed by atoms with Gasteiger partial charge in [-0.25, -0.2) is 0 Å². The Morgan fingerprint density at radius 2 is 1.11 bits per heavy atom. The average Bonchev–Trinajstić information content (AvgIpc) is 2.94. The highest BCUT2D eigenvalue weighted by Gasteiger charge is 2.27. The van der Waals surface area contributed by atoms with E-state index >= 15 is 0 Å². The summed E-state index contributed by atoms with van der Waals surface area (Å²) in [4.78, 5) is 2.43. The minimum Gasteiger partial charge on any atom is -0.390 e. The zero-order valence-corrected chi connectivity index (χ0v) is 22.5. The summed E-state index contributed by atoms with van der Waals surface area (Å²) in [5.74, 6) is 0.560. The lowest BCUT2D eigenvalue weighted by atomic mass is 9.97. The second-order valence-electron chi connectivity index (χ2n) is 9.98. The van der Waals surface area contributed by atoms with E-state index in [1.54, 1.807) is 0 Å². The van der Waals surface area contributed by atoms with Crippen molar-refractivity contribution in [2.24, 2.45) is 5.92 Å². The molecule has 1 heterocycles. The highest BCUT2D eigenvalue weighted by atomic mass is 16.6. The van der Waals surface area contributed by atoms with E-state index in [1.807, 2.05) is 6.07 Å². The van der Waals surface area contributed by atoms with E-state index < -0.39 is 6.10 Å². The predicted octanol–water partition coefficient (Wildman–Crippen LogP) is 4.94. The van der Waals surface area contributed by atoms with Crippen LogP contribution in [0.2, 0.25) is 0 Å². The molecule has 3 aromatic carbocycles. The zero-order chi connectivity index (χ0) is 26.1. The van der Waals surface area contributed by atoms with Crippen LogP contribution in [0.1, 0.15) is 30.5 Å². The van der Waals surface area contributed by atoms with Gasteiger partial charge in [-0.2, -0.15) is 0 Å². The fourth-order valence-corrected chi connectivity index (χ4v) is 4.39. The lowest BCUT2D eigenvalue weighted by Gasteiger charge is -2.36. The number of nitrogens with one attached hydrogen (secondary N) is 1. The number of rotatable bonds is 12. The van der Waals surface area contributed by atoms with E-state index in [1.165, 1.54) is 16.7 Å². The van der Waals surface area contributed by atoms with Crippen LogP contribution in [0.15, 0.2) is 91.0 Å². The molecule has 0 aromatic heterocycles. The van der Waals surface area contributed by atoms with E-state index in [9.17, 15) is 5.11 Å². The van der Waals surface area contributed by atoms with Crippen LogP contribution in [0.3, 0.4) is 0 Å². The highest BCUT2D eigenvalue weighted by Crippen LogP contribution is 2.19. The Bertz CT molecular complexity index is 897. The van der Waals surface area contributed by atoms with Crippen molar-refractivity contribution in [1.29, 1.82) is 0 Å². The van der Waals surface area contributed by atoms with Crippen molar-refractivity contribution in [3.63, 3.8) is 0 Å². The Hall–Kier alpha value is -2.54. The molecule has 1 aliphatic heterocycles. The van der Waals surface area contributed by atoms with E-state index in [2.05, 4.69) is 109 Å². The predicted molar refractivity (Wildman–Crippen MR) is 151 cm³/mol. The molecular formula is C32H44N2O3. The largest absolute Gasteiger partial charge is 0.390 e. The molecule has 3 aromatic rings. The molecule has 4 rings (SSSR count). The molecule has 0 radical (unpaired) electrons. The number of benzene rings is 3. The smallest absolute Gasteiger partial charge is 0.0822 e. The second kappa shape index (κ2) is 17.1. The number of aliphatic hydroxyl groups is 1. The van der Waals surface area contributed by atoms with Crippen LogP contribution in [-0.4, -0.2) is 61.7 Å². The fraction of sp³-hybridized carbons (Fsp3) is 0.438. The van der Waals surface area contributed by atoms with Crippen LogP contribution in [0.5, 0.6) is 0 Å². The maximum Gasteiger partial charge on any atom is 0.0822 e. The first-order valence-electron chi connectivity index (χ1n) is 13.5. The maximum absolute atomic E-state index is 11.3. The molecule has 0 unspecified atom stereocenters. The summed E-state index contributed by atoms with van der Waals surface area (Å²) < 4.78 is 9.89. The molecule has 2 N–H and O–H groups in total. The monoisotopic (exact) mass is 504 g/mol. The number of hydrogen-bond donors (Lipinski definition) is 2. The van der Waals surface area contributed by atoms with Crippen molar-refractivity contribution in [3.8, 4) is 0 Å². The molecule has 0 saturated carbocycles. The summed E-state index contributed by atoms with van der Waals surface area (Å²) in [6, 6.07) is 31.6. The minimum atomic E-state index is -0.466. The van der Waals surface area contributed by atoms with Crippen LogP contribution in [0, 0.1) is 5.92 Å². The summed E-state index contributed by atoms with van der Waals surface area (Å²) in [6.07, 6.45) is 0.344. The third-order valence-corrected chi connectivity index (χ3v) is 6.31. The van der Waals surface area contributed by atoms with E-state index in [0.29, 0.717) is 12.5 Å². The number of ether oxygens (including phenoxy) is 2. The molecule has 1 aliphatic rings. The van der Waals surface area contributed by atoms with Crippen molar-refractivity contribution in [2.75, 3.05) is 39.5 Å². The van der Waals surface area contributed by atoms with Gasteiger partial charge in [0.15, 0.2) is 0 Å². The third kappa shape index (κ3) is 11.6. The lowest BCUT2D eigenvalue weighted by molar-refractivity contribution is -0.0334. The zero-order valence-electron chi connectivity index (χ0n) is 22.5. The molecule has 37 heavy (non-hydrogen) atoms. The molecule has 1 saturated heterocycles. The molecule has 1 fully saturated rings. The van der Waals surface area contributed by atoms with Gasteiger partial charge in [-0.05, 0) is 35.6 Å². The molecule has 0 spiro atoms. The second-order valence-corrected chi connectivity index (χ2v) is 9.98. The van der Waals surface area contributed by atoms with Gasteiger partial charge < -0.3 is 19.9 Å². The third-order valence-electron chi connectivity index (χ3n) is 6.31. The van der Waals surface area contributed by atoms with Crippen molar-refractivity contribution in [2.45, 2.75) is 45.5 Å². The van der Waals surface area contributed by atoms with Gasteiger partial charge in [0.05, 0.1) is 32.5 Å².